The monoisotopic (exact) mass is 301 g/mol. The molecule has 3 heteroatoms. The molecule has 0 fully saturated rings. The molecule has 0 heterocycles. The molecule has 0 aliphatic heterocycles. The first-order valence-electron chi connectivity index (χ1n) is 6.20. The Balaban J connectivity index is 2.63. The standard InChI is InChI=1S/C14H21BrFN/c1-4-11(9-17-10(2)3)7-12-8-13(15)5-6-14(12)16/h5-6,8,10-11,17H,4,7,9H2,1-3H3. The molecule has 17 heavy (non-hydrogen) atoms. The lowest BCUT2D eigenvalue weighted by molar-refractivity contribution is 0.429. The average Bonchev–Trinajstić information content (AvgIpc) is 2.28. The molecule has 0 radical (unpaired) electrons. The van der Waals surface area contributed by atoms with Crippen LogP contribution >= 0.6 is 15.9 Å². The van der Waals surface area contributed by atoms with Gasteiger partial charge in [0.1, 0.15) is 5.82 Å². The molecule has 0 saturated heterocycles. The quantitative estimate of drug-likeness (QED) is 0.832. The van der Waals surface area contributed by atoms with Crippen molar-refractivity contribution < 1.29 is 4.39 Å². The lowest BCUT2D eigenvalue weighted by Gasteiger charge is -2.18. The van der Waals surface area contributed by atoms with Gasteiger partial charge in [0.2, 0.25) is 0 Å². The smallest absolute Gasteiger partial charge is 0.126 e. The molecule has 0 bridgehead atoms. The fourth-order valence-corrected chi connectivity index (χ4v) is 2.18. The summed E-state index contributed by atoms with van der Waals surface area (Å²) in [7, 11) is 0. The first-order chi connectivity index (χ1) is 8.02. The second-order valence-corrected chi connectivity index (χ2v) is 5.69. The Morgan fingerprint density at radius 3 is 2.65 bits per heavy atom. The van der Waals surface area contributed by atoms with Crippen molar-refractivity contribution in [3.8, 4) is 0 Å². The maximum atomic E-state index is 13.6. The summed E-state index contributed by atoms with van der Waals surface area (Å²) in [5.74, 6) is 0.386. The lowest BCUT2D eigenvalue weighted by atomic mass is 9.96. The highest BCUT2D eigenvalue weighted by molar-refractivity contribution is 9.10. The number of benzene rings is 1. The van der Waals surface area contributed by atoms with Crippen molar-refractivity contribution >= 4 is 15.9 Å². The molecule has 0 spiro atoms. The van der Waals surface area contributed by atoms with E-state index < -0.39 is 0 Å². The van der Waals surface area contributed by atoms with Gasteiger partial charge in [-0.15, -0.1) is 0 Å². The summed E-state index contributed by atoms with van der Waals surface area (Å²) in [6.07, 6.45) is 1.85. The molecule has 0 aliphatic carbocycles. The zero-order chi connectivity index (χ0) is 12.8. The molecule has 0 amide bonds. The van der Waals surface area contributed by atoms with Gasteiger partial charge in [0, 0.05) is 10.5 Å². The molecular weight excluding hydrogens is 281 g/mol. The van der Waals surface area contributed by atoms with E-state index in [0.717, 1.165) is 29.4 Å². The summed E-state index contributed by atoms with van der Waals surface area (Å²) in [6.45, 7) is 7.36. The van der Waals surface area contributed by atoms with Crippen molar-refractivity contribution in [2.75, 3.05) is 6.54 Å². The Labute approximate surface area is 112 Å². The van der Waals surface area contributed by atoms with Crippen molar-refractivity contribution in [2.45, 2.75) is 39.7 Å². The van der Waals surface area contributed by atoms with E-state index in [1.54, 1.807) is 6.07 Å². The predicted octanol–water partition coefficient (Wildman–Crippen LogP) is 4.15. The molecule has 1 aromatic rings. The molecule has 96 valence electrons. The summed E-state index contributed by atoms with van der Waals surface area (Å²) in [5.41, 5.74) is 0.803. The maximum absolute atomic E-state index is 13.6. The summed E-state index contributed by atoms with van der Waals surface area (Å²) in [4.78, 5) is 0. The second kappa shape index (κ2) is 7.12. The molecular formula is C14H21BrFN. The fraction of sp³-hybridized carbons (Fsp3) is 0.571. The zero-order valence-corrected chi connectivity index (χ0v) is 12.3. The van der Waals surface area contributed by atoms with E-state index in [1.807, 2.05) is 6.07 Å². The summed E-state index contributed by atoms with van der Waals surface area (Å²) in [6, 6.07) is 5.64. The molecule has 0 aromatic heterocycles. The molecule has 0 saturated carbocycles. The predicted molar refractivity (Wildman–Crippen MR) is 74.7 cm³/mol. The van der Waals surface area contributed by atoms with Gasteiger partial charge in [-0.3, -0.25) is 0 Å². The van der Waals surface area contributed by atoms with Crippen LogP contribution in [-0.4, -0.2) is 12.6 Å². The van der Waals surface area contributed by atoms with E-state index in [0.29, 0.717) is 12.0 Å². The van der Waals surface area contributed by atoms with Crippen LogP contribution in [0.5, 0.6) is 0 Å². The lowest BCUT2D eigenvalue weighted by Crippen LogP contribution is -2.29. The SMILES string of the molecule is CCC(CNC(C)C)Cc1cc(Br)ccc1F. The molecule has 1 atom stereocenters. The number of rotatable bonds is 6. The largest absolute Gasteiger partial charge is 0.314 e. The van der Waals surface area contributed by atoms with Crippen LogP contribution in [-0.2, 0) is 6.42 Å². The molecule has 1 unspecified atom stereocenters. The molecule has 1 rings (SSSR count). The van der Waals surface area contributed by atoms with E-state index in [9.17, 15) is 4.39 Å². The Kier molecular flexibility index (Phi) is 6.14. The van der Waals surface area contributed by atoms with E-state index in [-0.39, 0.29) is 5.82 Å². The Morgan fingerprint density at radius 1 is 1.35 bits per heavy atom. The van der Waals surface area contributed by atoms with Gasteiger partial charge >= 0.3 is 0 Å². The van der Waals surface area contributed by atoms with Crippen molar-refractivity contribution in [3.05, 3.63) is 34.1 Å². The van der Waals surface area contributed by atoms with Crippen LogP contribution in [0.1, 0.15) is 32.8 Å². The number of nitrogens with one attached hydrogen (secondary N) is 1. The van der Waals surface area contributed by atoms with E-state index in [2.05, 4.69) is 42.0 Å². The third kappa shape index (κ3) is 5.17. The average molecular weight is 302 g/mol. The van der Waals surface area contributed by atoms with Gasteiger partial charge in [-0.1, -0.05) is 43.1 Å². The van der Waals surface area contributed by atoms with Crippen molar-refractivity contribution in [2.24, 2.45) is 5.92 Å². The topological polar surface area (TPSA) is 12.0 Å². The van der Waals surface area contributed by atoms with Gasteiger partial charge in [-0.25, -0.2) is 4.39 Å². The Bertz CT molecular complexity index is 352. The minimum absolute atomic E-state index is 0.101. The van der Waals surface area contributed by atoms with Crippen LogP contribution in [0.15, 0.2) is 22.7 Å². The van der Waals surface area contributed by atoms with Crippen LogP contribution in [0.2, 0.25) is 0 Å². The van der Waals surface area contributed by atoms with Crippen LogP contribution in [0, 0.1) is 11.7 Å². The second-order valence-electron chi connectivity index (χ2n) is 4.78. The van der Waals surface area contributed by atoms with E-state index in [4.69, 9.17) is 0 Å². The molecule has 1 N–H and O–H groups in total. The van der Waals surface area contributed by atoms with Gasteiger partial charge < -0.3 is 5.32 Å². The molecule has 1 aromatic carbocycles. The first-order valence-corrected chi connectivity index (χ1v) is 6.99. The van der Waals surface area contributed by atoms with Crippen molar-refractivity contribution in [1.29, 1.82) is 0 Å². The highest BCUT2D eigenvalue weighted by Gasteiger charge is 2.11. The number of hydrogen-bond acceptors (Lipinski definition) is 1. The first kappa shape index (κ1) is 14.7. The molecule has 1 nitrogen and oxygen atoms in total. The summed E-state index contributed by atoms with van der Waals surface area (Å²) < 4.78 is 14.6. The van der Waals surface area contributed by atoms with Crippen LogP contribution in [0.25, 0.3) is 0 Å². The van der Waals surface area contributed by atoms with Gasteiger partial charge in [0.25, 0.3) is 0 Å². The van der Waals surface area contributed by atoms with Crippen molar-refractivity contribution in [3.63, 3.8) is 0 Å². The van der Waals surface area contributed by atoms with Crippen LogP contribution in [0.4, 0.5) is 4.39 Å². The van der Waals surface area contributed by atoms with Crippen molar-refractivity contribution in [1.82, 2.24) is 5.32 Å². The van der Waals surface area contributed by atoms with Gasteiger partial charge in [-0.2, -0.15) is 0 Å². The molecule has 0 aliphatic rings. The zero-order valence-electron chi connectivity index (χ0n) is 10.8. The van der Waals surface area contributed by atoms with Gasteiger partial charge in [0.05, 0.1) is 0 Å². The highest BCUT2D eigenvalue weighted by Crippen LogP contribution is 2.19. The van der Waals surface area contributed by atoms with E-state index in [1.165, 1.54) is 6.07 Å². The highest BCUT2D eigenvalue weighted by atomic mass is 79.9. The summed E-state index contributed by atoms with van der Waals surface area (Å²) >= 11 is 3.39. The fourth-order valence-electron chi connectivity index (χ4n) is 1.77. The maximum Gasteiger partial charge on any atom is 0.126 e. The normalized spacial score (nSPS) is 13.1. The van der Waals surface area contributed by atoms with Crippen LogP contribution in [0.3, 0.4) is 0 Å². The summed E-state index contributed by atoms with van der Waals surface area (Å²) in [5, 5.41) is 3.42. The van der Waals surface area contributed by atoms with Crippen LogP contribution < -0.4 is 5.32 Å². The Morgan fingerprint density at radius 2 is 2.06 bits per heavy atom. The number of hydrogen-bond donors (Lipinski definition) is 1. The van der Waals surface area contributed by atoms with E-state index >= 15 is 0 Å². The third-order valence-electron chi connectivity index (χ3n) is 2.91. The Hall–Kier alpha value is -0.410. The third-order valence-corrected chi connectivity index (χ3v) is 3.40. The minimum Gasteiger partial charge on any atom is -0.314 e. The van der Waals surface area contributed by atoms with Gasteiger partial charge in [-0.05, 0) is 42.6 Å². The number of halogens is 2. The van der Waals surface area contributed by atoms with Gasteiger partial charge in [0.15, 0.2) is 0 Å². The minimum atomic E-state index is -0.101.